The molecule has 0 atom stereocenters. The Morgan fingerprint density at radius 3 is 1.87 bits per heavy atom. The average molecular weight is 420 g/mol. The van der Waals surface area contributed by atoms with E-state index in [0.717, 1.165) is 34.1 Å². The van der Waals surface area contributed by atoms with Crippen LogP contribution in [0, 0.1) is 0 Å². The van der Waals surface area contributed by atoms with Crippen LogP contribution in [0.3, 0.4) is 0 Å². The number of benzene rings is 1. The number of nitrogens with zero attached hydrogens (tertiary/aromatic N) is 1. The Kier molecular flexibility index (Phi) is 9.41. The number of phenolic OH excluding ortho intramolecular Hbond substituents is 1. The lowest BCUT2D eigenvalue weighted by molar-refractivity contribution is -0.870. The van der Waals surface area contributed by atoms with Crippen molar-refractivity contribution < 1.29 is 14.4 Å². The minimum absolute atomic E-state index is 0.115. The lowest BCUT2D eigenvalue weighted by Crippen LogP contribution is -2.35. The van der Waals surface area contributed by atoms with Gasteiger partial charge >= 0.3 is 0 Å². The maximum atomic E-state index is 12.3. The van der Waals surface area contributed by atoms with Crippen LogP contribution in [-0.4, -0.2) is 49.7 Å². The first kappa shape index (κ1) is 26.5. The summed E-state index contributed by atoms with van der Waals surface area (Å²) in [4.78, 5) is 12.3. The number of unbranched alkanes of at least 4 members (excludes halogenated alkanes) is 3. The third-order valence-corrected chi connectivity index (χ3v) is 5.50. The minimum atomic E-state index is -0.145. The fraction of sp³-hybridized carbons (Fsp3) is 0.731. The summed E-state index contributed by atoms with van der Waals surface area (Å²) in [5.74, 6) is 0.512. The molecular formula is C26H47N2O2+. The third-order valence-electron chi connectivity index (χ3n) is 5.50. The first-order chi connectivity index (χ1) is 13.6. The van der Waals surface area contributed by atoms with E-state index in [1.54, 1.807) is 0 Å². The predicted octanol–water partition coefficient (Wildman–Crippen LogP) is 5.30. The zero-order chi connectivity index (χ0) is 23.2. The van der Waals surface area contributed by atoms with Crippen molar-refractivity contribution in [3.8, 4) is 5.75 Å². The Balaban J connectivity index is 2.56. The van der Waals surface area contributed by atoms with Crippen molar-refractivity contribution in [1.82, 2.24) is 5.32 Å². The molecule has 0 heterocycles. The molecule has 2 N–H and O–H groups in total. The maximum Gasteiger partial charge on any atom is 0.220 e. The van der Waals surface area contributed by atoms with Gasteiger partial charge in [-0.05, 0) is 53.2 Å². The Morgan fingerprint density at radius 1 is 0.900 bits per heavy atom. The standard InChI is InChI=1S/C26H46N2O2/c1-25(2,3)21-18-20(19-22(24(21)30)26(4,5)6)14-15-23(29)27-16-12-10-11-13-17-28(7,8)9/h18-19H,10-17H2,1-9H3,(H-,27,29,30)/p+1. The summed E-state index contributed by atoms with van der Waals surface area (Å²) in [6.45, 7) is 14.7. The molecule has 4 nitrogen and oxygen atoms in total. The van der Waals surface area contributed by atoms with Crippen LogP contribution < -0.4 is 5.32 Å². The summed E-state index contributed by atoms with van der Waals surface area (Å²) >= 11 is 0. The second-order valence-electron chi connectivity index (χ2n) is 11.8. The zero-order valence-electron chi connectivity index (χ0n) is 21.1. The molecule has 0 fully saturated rings. The molecular weight excluding hydrogens is 372 g/mol. The van der Waals surface area contributed by atoms with Gasteiger partial charge in [0.15, 0.2) is 0 Å². The highest BCUT2D eigenvalue weighted by Gasteiger charge is 2.26. The van der Waals surface area contributed by atoms with Gasteiger partial charge in [0.05, 0.1) is 27.7 Å². The number of rotatable bonds is 10. The molecule has 0 saturated heterocycles. The number of quaternary nitrogens is 1. The molecule has 0 spiro atoms. The number of aromatic hydroxyl groups is 1. The Morgan fingerprint density at radius 2 is 1.40 bits per heavy atom. The van der Waals surface area contributed by atoms with Gasteiger partial charge in [-0.25, -0.2) is 0 Å². The lowest BCUT2D eigenvalue weighted by Gasteiger charge is -2.28. The predicted molar refractivity (Wildman–Crippen MR) is 128 cm³/mol. The number of hydrogen-bond acceptors (Lipinski definition) is 2. The lowest BCUT2D eigenvalue weighted by atomic mass is 9.78. The van der Waals surface area contributed by atoms with E-state index in [2.05, 4.69) is 80.1 Å². The van der Waals surface area contributed by atoms with Crippen LogP contribution in [0.15, 0.2) is 12.1 Å². The highest BCUT2D eigenvalue weighted by atomic mass is 16.3. The van der Waals surface area contributed by atoms with E-state index in [0.29, 0.717) is 18.6 Å². The molecule has 4 heteroatoms. The SMILES string of the molecule is CC(C)(C)c1cc(CCC(=O)NCCCCCC[N+](C)(C)C)cc(C(C)(C)C)c1O. The quantitative estimate of drug-likeness (QED) is 0.399. The molecule has 1 aromatic carbocycles. The van der Waals surface area contributed by atoms with E-state index in [1.165, 1.54) is 25.8 Å². The summed E-state index contributed by atoms with van der Waals surface area (Å²) in [6, 6.07) is 4.15. The summed E-state index contributed by atoms with van der Waals surface area (Å²) in [5, 5.41) is 13.9. The van der Waals surface area contributed by atoms with E-state index >= 15 is 0 Å². The van der Waals surface area contributed by atoms with Crippen LogP contribution in [0.2, 0.25) is 0 Å². The van der Waals surface area contributed by atoms with Crippen molar-refractivity contribution in [3.05, 3.63) is 28.8 Å². The van der Waals surface area contributed by atoms with E-state index in [9.17, 15) is 9.90 Å². The van der Waals surface area contributed by atoms with Gasteiger partial charge in [-0.2, -0.15) is 0 Å². The number of nitrogens with one attached hydrogen (secondary N) is 1. The molecule has 172 valence electrons. The molecule has 0 aliphatic rings. The molecule has 0 radical (unpaired) electrons. The first-order valence-corrected chi connectivity index (χ1v) is 11.6. The smallest absolute Gasteiger partial charge is 0.220 e. The Hall–Kier alpha value is -1.55. The number of amides is 1. The van der Waals surface area contributed by atoms with Crippen molar-refractivity contribution in [2.24, 2.45) is 0 Å². The van der Waals surface area contributed by atoms with Gasteiger partial charge in [-0.3, -0.25) is 4.79 Å². The van der Waals surface area contributed by atoms with E-state index in [4.69, 9.17) is 0 Å². The van der Waals surface area contributed by atoms with Gasteiger partial charge in [-0.1, -0.05) is 60.1 Å². The average Bonchev–Trinajstić information content (AvgIpc) is 2.56. The fourth-order valence-electron chi connectivity index (χ4n) is 3.62. The van der Waals surface area contributed by atoms with Crippen LogP contribution in [0.25, 0.3) is 0 Å². The Bertz CT molecular complexity index is 653. The van der Waals surface area contributed by atoms with Crippen molar-refractivity contribution in [2.45, 2.75) is 90.9 Å². The van der Waals surface area contributed by atoms with Crippen molar-refractivity contribution in [3.63, 3.8) is 0 Å². The Labute approximate surface area is 185 Å². The first-order valence-electron chi connectivity index (χ1n) is 11.6. The molecule has 0 aromatic heterocycles. The second-order valence-corrected chi connectivity index (χ2v) is 11.8. The summed E-state index contributed by atoms with van der Waals surface area (Å²) in [7, 11) is 6.68. The highest BCUT2D eigenvalue weighted by Crippen LogP contribution is 2.39. The highest BCUT2D eigenvalue weighted by molar-refractivity contribution is 5.76. The molecule has 0 aliphatic heterocycles. The topological polar surface area (TPSA) is 49.3 Å². The number of carbonyl (C=O) groups excluding carboxylic acids is 1. The van der Waals surface area contributed by atoms with Crippen LogP contribution in [0.4, 0.5) is 0 Å². The summed E-state index contributed by atoms with van der Waals surface area (Å²) < 4.78 is 1.02. The molecule has 1 amide bonds. The third kappa shape index (κ3) is 9.51. The van der Waals surface area contributed by atoms with Gasteiger partial charge in [0.1, 0.15) is 5.75 Å². The molecule has 1 aromatic rings. The van der Waals surface area contributed by atoms with Gasteiger partial charge in [0.2, 0.25) is 5.91 Å². The van der Waals surface area contributed by atoms with Crippen molar-refractivity contribution >= 4 is 5.91 Å². The van der Waals surface area contributed by atoms with Crippen LogP contribution in [-0.2, 0) is 22.0 Å². The zero-order valence-corrected chi connectivity index (χ0v) is 21.1. The molecule has 0 saturated carbocycles. The van der Waals surface area contributed by atoms with Gasteiger partial charge in [-0.15, -0.1) is 0 Å². The summed E-state index contributed by atoms with van der Waals surface area (Å²) in [5.41, 5.74) is 2.75. The van der Waals surface area contributed by atoms with Gasteiger partial charge in [0, 0.05) is 13.0 Å². The van der Waals surface area contributed by atoms with Crippen LogP contribution in [0.1, 0.15) is 90.3 Å². The molecule has 0 bridgehead atoms. The second kappa shape index (κ2) is 10.7. The number of aryl methyl sites for hydroxylation is 1. The van der Waals surface area contributed by atoms with Crippen molar-refractivity contribution in [1.29, 1.82) is 0 Å². The van der Waals surface area contributed by atoms with E-state index < -0.39 is 0 Å². The molecule has 0 aliphatic carbocycles. The monoisotopic (exact) mass is 419 g/mol. The van der Waals surface area contributed by atoms with Crippen molar-refractivity contribution in [2.75, 3.05) is 34.2 Å². The van der Waals surface area contributed by atoms with Gasteiger partial charge in [0.25, 0.3) is 0 Å². The van der Waals surface area contributed by atoms with Crippen LogP contribution >= 0.6 is 0 Å². The summed E-state index contributed by atoms with van der Waals surface area (Å²) in [6.07, 6.45) is 5.86. The van der Waals surface area contributed by atoms with E-state index in [1.807, 2.05) is 0 Å². The van der Waals surface area contributed by atoms with Gasteiger partial charge < -0.3 is 14.9 Å². The maximum absolute atomic E-state index is 12.3. The molecule has 1 rings (SSSR count). The number of phenols is 1. The number of carbonyl (C=O) groups is 1. The van der Waals surface area contributed by atoms with E-state index in [-0.39, 0.29) is 16.7 Å². The molecule has 0 unspecified atom stereocenters. The molecule has 30 heavy (non-hydrogen) atoms. The largest absolute Gasteiger partial charge is 0.507 e. The number of hydrogen-bond donors (Lipinski definition) is 2. The minimum Gasteiger partial charge on any atom is -0.507 e. The van der Waals surface area contributed by atoms with Crippen LogP contribution in [0.5, 0.6) is 5.75 Å². The normalized spacial score (nSPS) is 12.8. The fourth-order valence-corrected chi connectivity index (χ4v) is 3.62.